The Hall–Kier alpha value is -2.08. The first-order valence-corrected chi connectivity index (χ1v) is 9.37. The van der Waals surface area contributed by atoms with Gasteiger partial charge in [-0.3, -0.25) is 4.90 Å². The molecule has 0 saturated carbocycles. The van der Waals surface area contributed by atoms with Crippen LogP contribution in [0.2, 0.25) is 0 Å². The van der Waals surface area contributed by atoms with Crippen molar-refractivity contribution in [3.63, 3.8) is 0 Å². The molecule has 27 heavy (non-hydrogen) atoms. The number of carbonyl (C=O) groups excluding carboxylic acids is 1. The van der Waals surface area contributed by atoms with Crippen molar-refractivity contribution in [3.05, 3.63) is 71.0 Å². The van der Waals surface area contributed by atoms with Gasteiger partial charge in [0.2, 0.25) is 0 Å². The van der Waals surface area contributed by atoms with Gasteiger partial charge >= 0.3 is 0 Å². The van der Waals surface area contributed by atoms with Gasteiger partial charge in [-0.1, -0.05) is 42.5 Å². The molecule has 5 heteroatoms. The minimum absolute atomic E-state index is 0.159. The van der Waals surface area contributed by atoms with Crippen molar-refractivity contribution < 1.29 is 9.18 Å². The molecule has 0 aromatic heterocycles. The number of hydrogen-bond acceptors (Lipinski definition) is 4. The van der Waals surface area contributed by atoms with Crippen LogP contribution >= 0.6 is 0 Å². The molecule has 0 saturated heterocycles. The van der Waals surface area contributed by atoms with Crippen LogP contribution in [0.5, 0.6) is 0 Å². The average molecular weight is 369 g/mol. The molecule has 0 amide bonds. The van der Waals surface area contributed by atoms with Gasteiger partial charge in [0, 0.05) is 32.0 Å². The van der Waals surface area contributed by atoms with Gasteiger partial charge in [0.15, 0.2) is 0 Å². The summed E-state index contributed by atoms with van der Waals surface area (Å²) in [6.45, 7) is 1.48. The van der Waals surface area contributed by atoms with Crippen LogP contribution in [0, 0.1) is 5.82 Å². The maximum Gasteiger partial charge on any atom is 0.126 e. The number of carbonyl (C=O) groups is 1. The smallest absolute Gasteiger partial charge is 0.126 e. The Kier molecular flexibility index (Phi) is 6.05. The molecule has 2 atom stereocenters. The highest BCUT2D eigenvalue weighted by atomic mass is 19.1. The average Bonchev–Trinajstić information content (AvgIpc) is 2.63. The zero-order valence-electron chi connectivity index (χ0n) is 16.1. The lowest BCUT2D eigenvalue weighted by molar-refractivity contribution is -0.111. The minimum Gasteiger partial charge on any atom is -0.312 e. The fourth-order valence-electron chi connectivity index (χ4n) is 4.10. The summed E-state index contributed by atoms with van der Waals surface area (Å²) in [6.07, 6.45) is 2.18. The molecule has 0 spiro atoms. The summed E-state index contributed by atoms with van der Waals surface area (Å²) >= 11 is 0. The van der Waals surface area contributed by atoms with E-state index in [1.165, 1.54) is 17.2 Å². The number of halogens is 1. The maximum atomic E-state index is 14.3. The van der Waals surface area contributed by atoms with E-state index in [-0.39, 0.29) is 18.3 Å². The molecule has 1 aliphatic rings. The molecule has 144 valence electrons. The van der Waals surface area contributed by atoms with Gasteiger partial charge in [-0.05, 0) is 43.3 Å². The summed E-state index contributed by atoms with van der Waals surface area (Å²) in [6, 6.07) is 15.2. The molecule has 3 rings (SSSR count). The first-order valence-electron chi connectivity index (χ1n) is 9.37. The lowest BCUT2D eigenvalue weighted by atomic mass is 9.87. The van der Waals surface area contributed by atoms with Gasteiger partial charge in [-0.25, -0.2) is 4.39 Å². The van der Waals surface area contributed by atoms with E-state index in [4.69, 9.17) is 5.73 Å². The van der Waals surface area contributed by atoms with Crippen LogP contribution in [0.4, 0.5) is 4.39 Å². The molecule has 0 aliphatic carbocycles. The van der Waals surface area contributed by atoms with Crippen LogP contribution in [0.25, 0.3) is 0 Å². The summed E-state index contributed by atoms with van der Waals surface area (Å²) in [4.78, 5) is 15.8. The number of rotatable bonds is 7. The molecule has 1 aliphatic heterocycles. The first-order chi connectivity index (χ1) is 12.9. The lowest BCUT2D eigenvalue weighted by Crippen LogP contribution is -2.64. The molecule has 1 heterocycles. The Morgan fingerprint density at radius 1 is 1.19 bits per heavy atom. The predicted molar refractivity (Wildman–Crippen MR) is 106 cm³/mol. The molecule has 4 nitrogen and oxygen atoms in total. The number of hydrogen-bond donors (Lipinski definition) is 1. The molecular weight excluding hydrogens is 341 g/mol. The number of likely N-dealkylation sites (N-methyl/N-ethyl adjacent to an activating group) is 1. The monoisotopic (exact) mass is 369 g/mol. The van der Waals surface area contributed by atoms with Gasteiger partial charge in [0.1, 0.15) is 12.1 Å². The topological polar surface area (TPSA) is 49.6 Å². The Morgan fingerprint density at radius 3 is 2.52 bits per heavy atom. The summed E-state index contributed by atoms with van der Waals surface area (Å²) in [5.74, 6) is -0.278. The molecule has 0 radical (unpaired) electrons. The normalized spacial score (nSPS) is 19.5. The number of fused-ring (bicyclic) bond motifs is 1. The molecule has 0 fully saturated rings. The Bertz CT molecular complexity index is 795. The van der Waals surface area contributed by atoms with Crippen molar-refractivity contribution in [1.29, 1.82) is 0 Å². The standard InChI is InChI=1S/C22H28FN3O/c1-25(2)16-20-13-17-7-3-4-9-19(17)15-26(20)22(24,11-12-27)14-18-8-5-6-10-21(18)23/h3-10,12,20H,11,13-16,24H2,1-2H3/t20?,22-/m0/s1. The van der Waals surface area contributed by atoms with E-state index in [1.54, 1.807) is 12.1 Å². The minimum atomic E-state index is -0.932. The maximum absolute atomic E-state index is 14.3. The molecule has 2 aromatic carbocycles. The molecule has 2 aromatic rings. The SMILES string of the molecule is CN(C)CC1Cc2ccccc2CN1[C@@](N)(CC=O)Cc1ccccc1F. The van der Waals surface area contributed by atoms with Gasteiger partial charge in [0.05, 0.1) is 5.66 Å². The van der Waals surface area contributed by atoms with Crippen LogP contribution in [0.15, 0.2) is 48.5 Å². The highest BCUT2D eigenvalue weighted by Crippen LogP contribution is 2.31. The number of aldehydes is 1. The highest BCUT2D eigenvalue weighted by Gasteiger charge is 2.40. The van der Waals surface area contributed by atoms with Gasteiger partial charge in [-0.15, -0.1) is 0 Å². The van der Waals surface area contributed by atoms with Gasteiger partial charge in [-0.2, -0.15) is 0 Å². The quantitative estimate of drug-likeness (QED) is 0.762. The van der Waals surface area contributed by atoms with E-state index in [9.17, 15) is 9.18 Å². The fraction of sp³-hybridized carbons (Fsp3) is 0.409. The zero-order valence-corrected chi connectivity index (χ0v) is 16.1. The zero-order chi connectivity index (χ0) is 19.4. The van der Waals surface area contributed by atoms with Crippen molar-refractivity contribution in [2.45, 2.75) is 37.5 Å². The van der Waals surface area contributed by atoms with Crippen molar-refractivity contribution >= 4 is 6.29 Å². The van der Waals surface area contributed by atoms with Gasteiger partial charge in [0.25, 0.3) is 0 Å². The van der Waals surface area contributed by atoms with E-state index in [0.29, 0.717) is 18.5 Å². The van der Waals surface area contributed by atoms with Crippen LogP contribution < -0.4 is 5.73 Å². The summed E-state index contributed by atoms with van der Waals surface area (Å²) in [5, 5.41) is 0. The van der Waals surface area contributed by atoms with E-state index in [1.807, 2.05) is 26.2 Å². The fourth-order valence-corrected chi connectivity index (χ4v) is 4.10. The van der Waals surface area contributed by atoms with Crippen molar-refractivity contribution in [1.82, 2.24) is 9.80 Å². The van der Waals surface area contributed by atoms with Crippen molar-refractivity contribution in [3.8, 4) is 0 Å². The van der Waals surface area contributed by atoms with Crippen LogP contribution in [0.3, 0.4) is 0 Å². The highest BCUT2D eigenvalue weighted by molar-refractivity contribution is 5.52. The third-order valence-electron chi connectivity index (χ3n) is 5.39. The summed E-state index contributed by atoms with van der Waals surface area (Å²) in [7, 11) is 4.07. The molecule has 1 unspecified atom stereocenters. The van der Waals surface area contributed by atoms with Crippen molar-refractivity contribution in [2.75, 3.05) is 20.6 Å². The Morgan fingerprint density at radius 2 is 1.85 bits per heavy atom. The van der Waals surface area contributed by atoms with E-state index >= 15 is 0 Å². The van der Waals surface area contributed by atoms with E-state index in [2.05, 4.69) is 28.0 Å². The Labute approximate surface area is 160 Å². The predicted octanol–water partition coefficient (Wildman–Crippen LogP) is 2.60. The van der Waals surface area contributed by atoms with Gasteiger partial charge < -0.3 is 15.4 Å². The number of nitrogens with two attached hydrogens (primary N) is 1. The summed E-state index contributed by atoms with van der Waals surface area (Å²) in [5.41, 5.74) is 8.97. The second-order valence-electron chi connectivity index (χ2n) is 7.76. The molecule has 2 N–H and O–H groups in total. The van der Waals surface area contributed by atoms with E-state index < -0.39 is 5.66 Å². The van der Waals surface area contributed by atoms with E-state index in [0.717, 1.165) is 19.3 Å². The number of nitrogens with zero attached hydrogens (tertiary/aromatic N) is 2. The first kappa shape index (κ1) is 19.7. The van der Waals surface area contributed by atoms with Crippen molar-refractivity contribution in [2.24, 2.45) is 5.73 Å². The Balaban J connectivity index is 1.97. The largest absolute Gasteiger partial charge is 0.312 e. The van der Waals surface area contributed by atoms with Crippen LogP contribution in [0.1, 0.15) is 23.1 Å². The summed E-state index contributed by atoms with van der Waals surface area (Å²) < 4.78 is 14.3. The third kappa shape index (κ3) is 4.43. The second-order valence-corrected chi connectivity index (χ2v) is 7.76. The van der Waals surface area contributed by atoms with Crippen LogP contribution in [-0.4, -0.2) is 48.4 Å². The number of benzene rings is 2. The second kappa shape index (κ2) is 8.30. The lowest BCUT2D eigenvalue weighted by Gasteiger charge is -2.48. The van der Waals surface area contributed by atoms with Crippen LogP contribution in [-0.2, 0) is 24.2 Å². The third-order valence-corrected chi connectivity index (χ3v) is 5.39. The molecular formula is C22H28FN3O. The molecule has 0 bridgehead atoms.